The number of rotatable bonds is 9. The van der Waals surface area contributed by atoms with Gasteiger partial charge < -0.3 is 10.0 Å². The van der Waals surface area contributed by atoms with Crippen molar-refractivity contribution in [2.45, 2.75) is 77.0 Å². The van der Waals surface area contributed by atoms with Gasteiger partial charge >= 0.3 is 5.97 Å². The summed E-state index contributed by atoms with van der Waals surface area (Å²) in [7, 11) is 2.15. The number of benzene rings is 2. The number of carboxylic acids is 1. The van der Waals surface area contributed by atoms with E-state index in [4.69, 9.17) is 16.7 Å². The maximum Gasteiger partial charge on any atom is 0.303 e. The first kappa shape index (κ1) is 29.2. The Morgan fingerprint density at radius 1 is 1.02 bits per heavy atom. The summed E-state index contributed by atoms with van der Waals surface area (Å²) < 4.78 is 2.30. The molecular weight excluding hydrogens is 528 g/mol. The van der Waals surface area contributed by atoms with Crippen LogP contribution in [0.25, 0.3) is 0 Å². The molecule has 2 aromatic carbocycles. The zero-order valence-corrected chi connectivity index (χ0v) is 25.8. The molecule has 0 aromatic heterocycles. The van der Waals surface area contributed by atoms with Gasteiger partial charge in [0.1, 0.15) is 7.05 Å². The Kier molecular flexibility index (Phi) is 8.19. The fourth-order valence-corrected chi connectivity index (χ4v) is 7.14. The summed E-state index contributed by atoms with van der Waals surface area (Å²) in [5, 5.41) is 9.91. The van der Waals surface area contributed by atoms with Gasteiger partial charge in [0, 0.05) is 52.7 Å². The van der Waals surface area contributed by atoms with Crippen LogP contribution in [0.3, 0.4) is 0 Å². The van der Waals surface area contributed by atoms with E-state index in [0.717, 1.165) is 43.0 Å². The second-order valence-corrected chi connectivity index (χ2v) is 13.0. The molecule has 41 heavy (non-hydrogen) atoms. The average molecular weight is 570 g/mol. The topological polar surface area (TPSA) is 43.5 Å². The maximum absolute atomic E-state index is 10.9. The van der Waals surface area contributed by atoms with E-state index in [9.17, 15) is 4.79 Å². The first-order valence-corrected chi connectivity index (χ1v) is 15.2. The number of hydrogen-bond acceptors (Lipinski definition) is 2. The van der Waals surface area contributed by atoms with Crippen LogP contribution in [0.1, 0.15) is 77.3 Å². The molecule has 1 atom stereocenters. The molecule has 5 heteroatoms. The Hall–Kier alpha value is -3.33. The number of allylic oxidation sites excluding steroid dienone is 5. The zero-order chi connectivity index (χ0) is 29.4. The molecular formula is C36H42ClN2O2+. The second-order valence-electron chi connectivity index (χ2n) is 12.6. The SMILES string of the molecule is C[N+]1=C(/C=C/C2=C(Cl)C(C=C=C3N(CCCCCC(=O)O)c4ccccc4C3(C)C)CC2)C(C)(C)c2ccccc21. The van der Waals surface area contributed by atoms with Crippen LogP contribution in [0.4, 0.5) is 11.4 Å². The van der Waals surface area contributed by atoms with E-state index in [2.05, 4.69) is 117 Å². The molecule has 0 saturated heterocycles. The van der Waals surface area contributed by atoms with Gasteiger partial charge in [0.2, 0.25) is 5.69 Å². The Balaban J connectivity index is 1.38. The average Bonchev–Trinajstić information content (AvgIpc) is 3.47. The van der Waals surface area contributed by atoms with E-state index in [1.807, 2.05) is 0 Å². The smallest absolute Gasteiger partial charge is 0.303 e. The van der Waals surface area contributed by atoms with Crippen LogP contribution in [0.5, 0.6) is 0 Å². The quantitative estimate of drug-likeness (QED) is 0.187. The molecule has 4 nitrogen and oxygen atoms in total. The van der Waals surface area contributed by atoms with Gasteiger partial charge in [0.15, 0.2) is 5.71 Å². The lowest BCUT2D eigenvalue weighted by molar-refractivity contribution is -0.401. The van der Waals surface area contributed by atoms with Crippen molar-refractivity contribution < 1.29 is 14.5 Å². The lowest BCUT2D eigenvalue weighted by Crippen LogP contribution is -2.26. The van der Waals surface area contributed by atoms with Crippen LogP contribution < -0.4 is 4.90 Å². The van der Waals surface area contributed by atoms with Crippen molar-refractivity contribution >= 4 is 34.7 Å². The van der Waals surface area contributed by atoms with Gasteiger partial charge in [-0.1, -0.05) is 60.5 Å². The number of nitrogens with zero attached hydrogens (tertiary/aromatic N) is 2. The van der Waals surface area contributed by atoms with Crippen molar-refractivity contribution in [3.8, 4) is 0 Å². The molecule has 0 spiro atoms. The first-order valence-electron chi connectivity index (χ1n) is 14.9. The number of fused-ring (bicyclic) bond motifs is 2. The van der Waals surface area contributed by atoms with Gasteiger partial charge in [0.25, 0.3) is 0 Å². The molecule has 1 unspecified atom stereocenters. The Morgan fingerprint density at radius 2 is 1.73 bits per heavy atom. The highest BCUT2D eigenvalue weighted by Gasteiger charge is 2.43. The van der Waals surface area contributed by atoms with Gasteiger partial charge in [-0.25, -0.2) is 0 Å². The first-order chi connectivity index (χ1) is 19.5. The Morgan fingerprint density at radius 3 is 2.46 bits per heavy atom. The fraction of sp³-hybridized carbons (Fsp3) is 0.417. The third-order valence-corrected chi connectivity index (χ3v) is 9.69. The van der Waals surface area contributed by atoms with Crippen LogP contribution in [-0.4, -0.2) is 35.0 Å². The maximum atomic E-state index is 10.9. The standard InChI is InChI=1S/C36H41ClN2O2/c1-35(2)27-13-8-10-15-29(27)38(5)31(35)22-20-25-18-19-26(34(25)37)21-23-32-36(3,4)28-14-9-11-16-30(28)39(32)24-12-6-7-17-33(40)41/h8-11,13-16,20-22,26H,6-7,12,17-19,24H2,1-5H3/p+1/b22-20+. The summed E-state index contributed by atoms with van der Waals surface area (Å²) >= 11 is 7.02. The number of halogens is 1. The highest BCUT2D eigenvalue weighted by atomic mass is 35.5. The molecule has 0 radical (unpaired) electrons. The summed E-state index contributed by atoms with van der Waals surface area (Å²) in [5.74, 6) is -0.572. The van der Waals surface area contributed by atoms with Crippen molar-refractivity contribution in [3.63, 3.8) is 0 Å². The highest BCUT2D eigenvalue weighted by Crippen LogP contribution is 2.47. The number of carboxylic acid groups (broad SMARTS) is 1. The van der Waals surface area contributed by atoms with Gasteiger partial charge in [-0.15, -0.1) is 5.73 Å². The summed E-state index contributed by atoms with van der Waals surface area (Å²) in [4.78, 5) is 13.3. The van der Waals surface area contributed by atoms with Crippen LogP contribution >= 0.6 is 11.6 Å². The molecule has 2 aliphatic heterocycles. The minimum atomic E-state index is -0.723. The predicted octanol–water partition coefficient (Wildman–Crippen LogP) is 8.63. The van der Waals surface area contributed by atoms with Gasteiger partial charge in [-0.3, -0.25) is 4.79 Å². The van der Waals surface area contributed by atoms with Crippen LogP contribution in [-0.2, 0) is 15.6 Å². The second kappa shape index (κ2) is 11.5. The number of unbranched alkanes of at least 4 members (excludes halogenated alkanes) is 2. The molecule has 3 aliphatic rings. The van der Waals surface area contributed by atoms with Crippen LogP contribution in [0.15, 0.2) is 88.8 Å². The van der Waals surface area contributed by atoms with Crippen molar-refractivity contribution in [3.05, 3.63) is 99.9 Å². The number of anilines is 1. The molecule has 0 bridgehead atoms. The molecule has 2 heterocycles. The summed E-state index contributed by atoms with van der Waals surface area (Å²) in [6.07, 6.45) is 11.4. The van der Waals surface area contributed by atoms with Crippen LogP contribution in [0.2, 0.25) is 0 Å². The van der Waals surface area contributed by atoms with E-state index < -0.39 is 5.97 Å². The van der Waals surface area contributed by atoms with Gasteiger partial charge in [-0.2, -0.15) is 4.58 Å². The highest BCUT2D eigenvalue weighted by molar-refractivity contribution is 6.30. The van der Waals surface area contributed by atoms with Crippen molar-refractivity contribution in [2.24, 2.45) is 5.92 Å². The number of para-hydroxylation sites is 2. The van der Waals surface area contributed by atoms with Crippen molar-refractivity contribution in [2.75, 3.05) is 18.5 Å². The van der Waals surface area contributed by atoms with E-state index in [1.165, 1.54) is 33.8 Å². The van der Waals surface area contributed by atoms with Crippen molar-refractivity contribution in [1.82, 2.24) is 0 Å². The largest absolute Gasteiger partial charge is 0.481 e. The third-order valence-electron chi connectivity index (χ3n) is 9.16. The molecule has 0 fully saturated rings. The third kappa shape index (κ3) is 5.48. The number of hydrogen-bond donors (Lipinski definition) is 1. The van der Waals surface area contributed by atoms with Gasteiger partial charge in [0.05, 0.1) is 11.1 Å². The summed E-state index contributed by atoms with van der Waals surface area (Å²) in [6.45, 7) is 9.96. The minimum Gasteiger partial charge on any atom is -0.481 e. The van der Waals surface area contributed by atoms with Crippen molar-refractivity contribution in [1.29, 1.82) is 0 Å². The number of carbonyl (C=O) groups is 1. The number of aliphatic carboxylic acids is 1. The fourth-order valence-electron chi connectivity index (χ4n) is 6.81. The normalized spacial score (nSPS) is 20.6. The van der Waals surface area contributed by atoms with E-state index in [0.29, 0.717) is 6.42 Å². The van der Waals surface area contributed by atoms with E-state index >= 15 is 0 Å². The molecule has 1 N–H and O–H groups in total. The molecule has 5 rings (SSSR count). The molecule has 2 aromatic rings. The predicted molar refractivity (Wildman–Crippen MR) is 170 cm³/mol. The lowest BCUT2D eigenvalue weighted by Gasteiger charge is -2.25. The monoisotopic (exact) mass is 569 g/mol. The molecule has 214 valence electrons. The summed E-state index contributed by atoms with van der Waals surface area (Å²) in [5.41, 5.74) is 12.3. The van der Waals surface area contributed by atoms with Crippen LogP contribution in [0, 0.1) is 5.92 Å². The van der Waals surface area contributed by atoms with E-state index in [1.54, 1.807) is 0 Å². The molecule has 0 saturated carbocycles. The lowest BCUT2D eigenvalue weighted by atomic mass is 9.81. The minimum absolute atomic E-state index is 0.0582. The van der Waals surface area contributed by atoms with E-state index in [-0.39, 0.29) is 23.2 Å². The molecule has 0 amide bonds. The zero-order valence-electron chi connectivity index (χ0n) is 25.0. The Bertz CT molecular complexity index is 1520. The molecule has 1 aliphatic carbocycles. The Labute approximate surface area is 250 Å². The van der Waals surface area contributed by atoms with Gasteiger partial charge in [-0.05, 0) is 76.7 Å². The summed E-state index contributed by atoms with van der Waals surface area (Å²) in [6, 6.07) is 17.2.